The fraction of sp³-hybridized carbons (Fsp3) is 0.786. The van der Waals surface area contributed by atoms with Gasteiger partial charge < -0.3 is 15.6 Å². The Labute approximate surface area is 108 Å². The quantitative estimate of drug-likeness (QED) is 0.588. The lowest BCUT2D eigenvalue weighted by atomic mass is 9.83. The van der Waals surface area contributed by atoms with Crippen molar-refractivity contribution in [1.82, 2.24) is 0 Å². The van der Waals surface area contributed by atoms with E-state index in [0.717, 1.165) is 6.42 Å². The van der Waals surface area contributed by atoms with Crippen LogP contribution in [-0.2, 0) is 9.53 Å². The normalized spacial score (nSPS) is 29.1. The molecule has 2 fully saturated rings. The van der Waals surface area contributed by atoms with Crippen LogP contribution in [0.2, 0.25) is 0 Å². The Bertz CT molecular complexity index is 307. The smallest absolute Gasteiger partial charge is 0.333 e. The van der Waals surface area contributed by atoms with Crippen molar-refractivity contribution in [1.29, 1.82) is 0 Å². The summed E-state index contributed by atoms with van der Waals surface area (Å²) >= 11 is 0. The molecule has 1 aliphatic heterocycles. The second-order valence-electron chi connectivity index (χ2n) is 5.65. The van der Waals surface area contributed by atoms with Crippen molar-refractivity contribution in [2.45, 2.75) is 63.2 Å². The van der Waals surface area contributed by atoms with Gasteiger partial charge >= 0.3 is 5.97 Å². The van der Waals surface area contributed by atoms with Gasteiger partial charge in [0.05, 0.1) is 0 Å². The maximum Gasteiger partial charge on any atom is 0.333 e. The fourth-order valence-electron chi connectivity index (χ4n) is 3.00. The van der Waals surface area contributed by atoms with Gasteiger partial charge in [-0.15, -0.1) is 0 Å². The van der Waals surface area contributed by atoms with Crippen LogP contribution in [0.1, 0.15) is 44.9 Å². The average molecular weight is 253 g/mol. The molecule has 0 radical (unpaired) electrons. The van der Waals surface area contributed by atoms with E-state index in [0.29, 0.717) is 17.9 Å². The van der Waals surface area contributed by atoms with E-state index in [1.165, 1.54) is 32.1 Å². The van der Waals surface area contributed by atoms with Crippen molar-refractivity contribution in [2.75, 3.05) is 0 Å². The van der Waals surface area contributed by atoms with Gasteiger partial charge in [-0.05, 0) is 12.3 Å². The zero-order chi connectivity index (χ0) is 13.1. The first-order chi connectivity index (χ1) is 8.58. The zero-order valence-corrected chi connectivity index (χ0v) is 10.8. The Morgan fingerprint density at radius 2 is 2.06 bits per heavy atom. The van der Waals surface area contributed by atoms with E-state index in [2.05, 4.69) is 6.58 Å². The van der Waals surface area contributed by atoms with Crippen molar-refractivity contribution in [2.24, 2.45) is 11.7 Å². The second kappa shape index (κ2) is 5.85. The first-order valence-electron chi connectivity index (χ1n) is 6.90. The van der Waals surface area contributed by atoms with Gasteiger partial charge in [-0.1, -0.05) is 38.7 Å². The molecular weight excluding hydrogens is 230 g/mol. The molecule has 2 aliphatic rings. The molecule has 4 heteroatoms. The third-order valence-corrected chi connectivity index (χ3v) is 4.14. The van der Waals surface area contributed by atoms with E-state index in [-0.39, 0.29) is 6.04 Å². The summed E-state index contributed by atoms with van der Waals surface area (Å²) in [6, 6.07) is -0.309. The van der Waals surface area contributed by atoms with E-state index in [1.54, 1.807) is 0 Å². The molecular formula is C14H23NO3. The summed E-state index contributed by atoms with van der Waals surface area (Å²) in [6.45, 7) is 3.62. The first kappa shape index (κ1) is 13.6. The largest absolute Gasteiger partial charge is 0.456 e. The van der Waals surface area contributed by atoms with E-state index in [1.807, 2.05) is 0 Å². The van der Waals surface area contributed by atoms with Crippen LogP contribution in [0.5, 0.6) is 0 Å². The van der Waals surface area contributed by atoms with Gasteiger partial charge in [0.1, 0.15) is 12.2 Å². The molecule has 1 aliphatic carbocycles. The molecule has 0 aromatic heterocycles. The van der Waals surface area contributed by atoms with Crippen LogP contribution < -0.4 is 5.73 Å². The number of hydrogen-bond acceptors (Lipinski definition) is 4. The monoisotopic (exact) mass is 253 g/mol. The molecule has 2 unspecified atom stereocenters. The topological polar surface area (TPSA) is 72.6 Å². The number of cyclic esters (lactones) is 1. The van der Waals surface area contributed by atoms with E-state index in [9.17, 15) is 9.90 Å². The zero-order valence-electron chi connectivity index (χ0n) is 10.8. The van der Waals surface area contributed by atoms with Gasteiger partial charge in [-0.3, -0.25) is 0 Å². The number of hydrogen-bond donors (Lipinski definition) is 2. The minimum absolute atomic E-state index is 0.309. The van der Waals surface area contributed by atoms with Crippen LogP contribution in [-0.4, -0.2) is 29.3 Å². The van der Waals surface area contributed by atoms with Crippen LogP contribution in [0.25, 0.3) is 0 Å². The highest BCUT2D eigenvalue weighted by Crippen LogP contribution is 2.29. The lowest BCUT2D eigenvalue weighted by Gasteiger charge is -2.28. The average Bonchev–Trinajstić information content (AvgIpc) is 2.70. The van der Waals surface area contributed by atoms with E-state index in [4.69, 9.17) is 10.5 Å². The number of aliphatic hydroxyl groups excluding tert-OH is 1. The van der Waals surface area contributed by atoms with Crippen LogP contribution in [0, 0.1) is 5.92 Å². The summed E-state index contributed by atoms with van der Waals surface area (Å²) in [7, 11) is 0. The summed E-state index contributed by atoms with van der Waals surface area (Å²) in [4.78, 5) is 11.2. The van der Waals surface area contributed by atoms with Gasteiger partial charge in [-0.25, -0.2) is 4.79 Å². The first-order valence-corrected chi connectivity index (χ1v) is 6.90. The molecule has 102 valence electrons. The van der Waals surface area contributed by atoms with Gasteiger partial charge in [0.15, 0.2) is 0 Å². The molecule has 1 saturated carbocycles. The van der Waals surface area contributed by atoms with Crippen molar-refractivity contribution in [3.05, 3.63) is 12.2 Å². The molecule has 18 heavy (non-hydrogen) atoms. The number of esters is 1. The Morgan fingerprint density at radius 3 is 2.61 bits per heavy atom. The van der Waals surface area contributed by atoms with Gasteiger partial charge in [0.25, 0.3) is 0 Å². The predicted molar refractivity (Wildman–Crippen MR) is 68.8 cm³/mol. The van der Waals surface area contributed by atoms with Crippen molar-refractivity contribution >= 4 is 5.97 Å². The predicted octanol–water partition coefficient (Wildman–Crippen LogP) is 1.52. The number of carbonyl (C=O) groups is 1. The minimum atomic E-state index is -0.768. The standard InChI is InChI=1S/C14H23NO3/c1-9-7-12(18-14(9)17)13(16)11(15)8-10-5-3-2-4-6-10/h10-13,16H,1-8,15H2/t11?,12-,13?/m0/s1. The maximum absolute atomic E-state index is 11.2. The van der Waals surface area contributed by atoms with Crippen molar-refractivity contribution in [3.63, 3.8) is 0 Å². The Morgan fingerprint density at radius 1 is 1.39 bits per heavy atom. The Hall–Kier alpha value is -0.870. The highest BCUT2D eigenvalue weighted by atomic mass is 16.6. The SMILES string of the molecule is C=C1C[C@@H](C(O)C(N)CC2CCCCC2)OC1=O. The van der Waals surface area contributed by atoms with Crippen LogP contribution in [0.3, 0.4) is 0 Å². The molecule has 3 atom stereocenters. The summed E-state index contributed by atoms with van der Waals surface area (Å²) in [5.41, 5.74) is 6.48. The van der Waals surface area contributed by atoms with E-state index < -0.39 is 18.2 Å². The molecule has 1 saturated heterocycles. The molecule has 0 amide bonds. The summed E-state index contributed by atoms with van der Waals surface area (Å²) < 4.78 is 5.08. The summed E-state index contributed by atoms with van der Waals surface area (Å²) in [5.74, 6) is 0.215. The maximum atomic E-state index is 11.2. The second-order valence-corrected chi connectivity index (χ2v) is 5.65. The lowest BCUT2D eigenvalue weighted by Crippen LogP contribution is -2.44. The minimum Gasteiger partial charge on any atom is -0.456 e. The molecule has 1 heterocycles. The summed E-state index contributed by atoms with van der Waals surface area (Å²) in [6.07, 6.45) is 6.22. The molecule has 0 aromatic carbocycles. The van der Waals surface area contributed by atoms with Crippen molar-refractivity contribution < 1.29 is 14.6 Å². The lowest BCUT2D eigenvalue weighted by molar-refractivity contribution is -0.143. The van der Waals surface area contributed by atoms with Gasteiger partial charge in [0.2, 0.25) is 0 Å². The highest BCUT2D eigenvalue weighted by Gasteiger charge is 2.36. The fourth-order valence-corrected chi connectivity index (χ4v) is 3.00. The number of carbonyl (C=O) groups excluding carboxylic acids is 1. The highest BCUT2D eigenvalue weighted by molar-refractivity contribution is 5.90. The van der Waals surface area contributed by atoms with Gasteiger partial charge in [0, 0.05) is 18.0 Å². The molecule has 0 bridgehead atoms. The third kappa shape index (κ3) is 3.12. The van der Waals surface area contributed by atoms with Crippen LogP contribution in [0.4, 0.5) is 0 Å². The van der Waals surface area contributed by atoms with Crippen LogP contribution >= 0.6 is 0 Å². The number of rotatable bonds is 4. The number of ether oxygens (including phenoxy) is 1. The third-order valence-electron chi connectivity index (χ3n) is 4.14. The van der Waals surface area contributed by atoms with Crippen LogP contribution in [0.15, 0.2) is 12.2 Å². The van der Waals surface area contributed by atoms with Gasteiger partial charge in [-0.2, -0.15) is 0 Å². The Kier molecular flexibility index (Phi) is 4.40. The number of aliphatic hydroxyl groups is 1. The molecule has 0 spiro atoms. The molecule has 0 aromatic rings. The number of nitrogens with two attached hydrogens (primary N) is 1. The van der Waals surface area contributed by atoms with Crippen molar-refractivity contribution in [3.8, 4) is 0 Å². The van der Waals surface area contributed by atoms with E-state index >= 15 is 0 Å². The molecule has 2 rings (SSSR count). The molecule has 4 nitrogen and oxygen atoms in total. The summed E-state index contributed by atoms with van der Waals surface area (Å²) in [5, 5.41) is 10.1. The molecule has 3 N–H and O–H groups in total. The Balaban J connectivity index is 1.82.